The van der Waals surface area contributed by atoms with E-state index in [0.29, 0.717) is 41.7 Å². The zero-order valence-corrected chi connectivity index (χ0v) is 20.6. The molecule has 0 saturated heterocycles. The molecule has 0 bridgehead atoms. The van der Waals surface area contributed by atoms with Gasteiger partial charge in [-0.2, -0.15) is 5.10 Å². The zero-order chi connectivity index (χ0) is 24.2. The van der Waals surface area contributed by atoms with Crippen LogP contribution in [0.2, 0.25) is 0 Å². The predicted octanol–water partition coefficient (Wildman–Crippen LogP) is 4.36. The Morgan fingerprint density at radius 1 is 1.12 bits per heavy atom. The molecule has 0 saturated carbocycles. The first kappa shape index (κ1) is 23.4. The molecule has 0 atom stereocenters. The Hall–Kier alpha value is -3.79. The van der Waals surface area contributed by atoms with E-state index in [-0.39, 0.29) is 5.91 Å². The summed E-state index contributed by atoms with van der Waals surface area (Å²) in [5.41, 5.74) is 4.47. The quantitative estimate of drug-likeness (QED) is 0.406. The molecule has 0 radical (unpaired) electrons. The van der Waals surface area contributed by atoms with Gasteiger partial charge in [-0.25, -0.2) is 9.97 Å². The van der Waals surface area contributed by atoms with Crippen molar-refractivity contribution in [1.82, 2.24) is 24.7 Å². The van der Waals surface area contributed by atoms with Crippen molar-refractivity contribution in [1.29, 1.82) is 0 Å². The van der Waals surface area contributed by atoms with Crippen LogP contribution in [0, 0.1) is 6.92 Å². The SMILES string of the molecule is CC.COc1cc(-c2ccc3c(n2)CN(c2cnn(Cc4csc(C)n4)c2)C3=O)cnc1OC. The van der Waals surface area contributed by atoms with Crippen LogP contribution >= 0.6 is 11.3 Å². The monoisotopic (exact) mass is 478 g/mol. The summed E-state index contributed by atoms with van der Waals surface area (Å²) in [6, 6.07) is 5.44. The number of carbonyl (C=O) groups excluding carboxylic acids is 1. The fourth-order valence-corrected chi connectivity index (χ4v) is 4.25. The van der Waals surface area contributed by atoms with Crippen molar-refractivity contribution in [3.63, 3.8) is 0 Å². The lowest BCUT2D eigenvalue weighted by Gasteiger charge is -2.11. The maximum atomic E-state index is 13.0. The molecule has 4 aromatic heterocycles. The van der Waals surface area contributed by atoms with Gasteiger partial charge in [0.15, 0.2) is 5.75 Å². The van der Waals surface area contributed by atoms with E-state index in [0.717, 1.165) is 22.0 Å². The first-order valence-electron chi connectivity index (χ1n) is 10.9. The number of hydrogen-bond acceptors (Lipinski definition) is 8. The number of rotatable bonds is 6. The molecule has 5 rings (SSSR count). The second-order valence-corrected chi connectivity index (χ2v) is 8.33. The standard InChI is InChI=1S/C22H20N6O3S.C2H6/c1-13-25-15(12-32-13)9-27-10-16(8-24-27)28-11-19-17(22(28)29)4-5-18(26-19)14-6-20(30-2)21(31-3)23-7-14;1-2/h4-8,10,12H,9,11H2,1-3H3;1-2H3. The van der Waals surface area contributed by atoms with Crippen molar-refractivity contribution in [2.24, 2.45) is 0 Å². The molecule has 1 aliphatic rings. The van der Waals surface area contributed by atoms with Crippen molar-refractivity contribution in [2.45, 2.75) is 33.9 Å². The molecule has 0 aliphatic carbocycles. The topological polar surface area (TPSA) is 95.3 Å². The summed E-state index contributed by atoms with van der Waals surface area (Å²) >= 11 is 1.61. The van der Waals surface area contributed by atoms with Gasteiger partial charge in [-0.3, -0.25) is 19.4 Å². The molecular weight excluding hydrogens is 452 g/mol. The summed E-state index contributed by atoms with van der Waals surface area (Å²) in [5, 5.41) is 7.43. The Kier molecular flexibility index (Phi) is 6.87. The van der Waals surface area contributed by atoms with Gasteiger partial charge in [0.2, 0.25) is 0 Å². The highest BCUT2D eigenvalue weighted by molar-refractivity contribution is 7.09. The maximum absolute atomic E-state index is 13.0. The summed E-state index contributed by atoms with van der Waals surface area (Å²) in [7, 11) is 3.10. The van der Waals surface area contributed by atoms with E-state index in [1.165, 1.54) is 0 Å². The van der Waals surface area contributed by atoms with Gasteiger partial charge in [0.25, 0.3) is 11.8 Å². The highest BCUT2D eigenvalue weighted by atomic mass is 32.1. The Bertz CT molecular complexity index is 1320. The van der Waals surface area contributed by atoms with E-state index in [1.54, 1.807) is 53.6 Å². The van der Waals surface area contributed by atoms with Gasteiger partial charge in [0, 0.05) is 23.3 Å². The zero-order valence-electron chi connectivity index (χ0n) is 19.8. The van der Waals surface area contributed by atoms with Crippen molar-refractivity contribution >= 4 is 22.9 Å². The van der Waals surface area contributed by atoms with Gasteiger partial charge in [0.05, 0.1) is 66.8 Å². The van der Waals surface area contributed by atoms with Gasteiger partial charge in [-0.15, -0.1) is 11.3 Å². The van der Waals surface area contributed by atoms with Crippen LogP contribution in [-0.2, 0) is 13.1 Å². The van der Waals surface area contributed by atoms with Crippen LogP contribution in [0.3, 0.4) is 0 Å². The fraction of sp³-hybridized carbons (Fsp3) is 0.292. The third kappa shape index (κ3) is 4.49. The lowest BCUT2D eigenvalue weighted by atomic mass is 10.1. The maximum Gasteiger partial charge on any atom is 0.260 e. The second-order valence-electron chi connectivity index (χ2n) is 7.27. The third-order valence-electron chi connectivity index (χ3n) is 5.21. The molecule has 9 nitrogen and oxygen atoms in total. The third-order valence-corrected chi connectivity index (χ3v) is 6.03. The van der Waals surface area contributed by atoms with Gasteiger partial charge < -0.3 is 9.47 Å². The number of pyridine rings is 2. The largest absolute Gasteiger partial charge is 0.491 e. The minimum absolute atomic E-state index is 0.0893. The molecule has 0 unspecified atom stereocenters. The summed E-state index contributed by atoms with van der Waals surface area (Å²) in [6.07, 6.45) is 5.23. The number of anilines is 1. The van der Waals surface area contributed by atoms with Crippen LogP contribution in [0.5, 0.6) is 11.6 Å². The summed E-state index contributed by atoms with van der Waals surface area (Å²) in [6.45, 7) is 6.92. The molecule has 0 fully saturated rings. The van der Waals surface area contributed by atoms with Gasteiger partial charge in [0.1, 0.15) is 0 Å². The molecule has 0 spiro atoms. The molecular formula is C24H26N6O3S. The van der Waals surface area contributed by atoms with E-state index in [4.69, 9.17) is 14.5 Å². The number of thiazole rings is 1. The number of carbonyl (C=O) groups is 1. The van der Waals surface area contributed by atoms with Crippen LogP contribution in [0.25, 0.3) is 11.3 Å². The molecule has 5 heterocycles. The molecule has 1 aliphatic heterocycles. The average molecular weight is 479 g/mol. The molecule has 176 valence electrons. The van der Waals surface area contributed by atoms with Crippen molar-refractivity contribution in [2.75, 3.05) is 19.1 Å². The molecule has 10 heteroatoms. The molecule has 34 heavy (non-hydrogen) atoms. The van der Waals surface area contributed by atoms with Crippen LogP contribution in [-0.4, -0.2) is 44.9 Å². The summed E-state index contributed by atoms with van der Waals surface area (Å²) < 4.78 is 12.3. The molecule has 0 aromatic carbocycles. The van der Waals surface area contributed by atoms with Gasteiger partial charge in [-0.1, -0.05) is 13.8 Å². The Morgan fingerprint density at radius 2 is 1.94 bits per heavy atom. The van der Waals surface area contributed by atoms with Gasteiger partial charge in [-0.05, 0) is 25.1 Å². The number of ether oxygens (including phenoxy) is 2. The van der Waals surface area contributed by atoms with Crippen LogP contribution in [0.4, 0.5) is 5.69 Å². The van der Waals surface area contributed by atoms with Crippen LogP contribution < -0.4 is 14.4 Å². The van der Waals surface area contributed by atoms with Crippen molar-refractivity contribution in [3.8, 4) is 22.9 Å². The minimum Gasteiger partial charge on any atom is -0.491 e. The molecule has 1 amide bonds. The second kappa shape index (κ2) is 10.0. The minimum atomic E-state index is -0.0893. The van der Waals surface area contributed by atoms with E-state index in [2.05, 4.69) is 15.1 Å². The first-order valence-corrected chi connectivity index (χ1v) is 11.8. The molecule has 0 N–H and O–H groups in total. The van der Waals surface area contributed by atoms with Gasteiger partial charge >= 0.3 is 0 Å². The average Bonchev–Trinajstić information content (AvgIpc) is 3.59. The lowest BCUT2D eigenvalue weighted by Crippen LogP contribution is -2.22. The van der Waals surface area contributed by atoms with Crippen LogP contribution in [0.1, 0.15) is 40.6 Å². The normalized spacial score (nSPS) is 12.3. The summed E-state index contributed by atoms with van der Waals surface area (Å²) in [5.74, 6) is 0.838. The highest BCUT2D eigenvalue weighted by Crippen LogP contribution is 2.32. The number of hydrogen-bond donors (Lipinski definition) is 0. The first-order chi connectivity index (χ1) is 16.6. The lowest BCUT2D eigenvalue weighted by molar-refractivity contribution is 0.0996. The Balaban J connectivity index is 0.00000133. The number of aromatic nitrogens is 5. The number of amides is 1. The number of methoxy groups -OCH3 is 2. The Labute approximate surface area is 202 Å². The number of nitrogens with zero attached hydrogens (tertiary/aromatic N) is 6. The smallest absolute Gasteiger partial charge is 0.260 e. The fourth-order valence-electron chi connectivity index (χ4n) is 3.65. The van der Waals surface area contributed by atoms with Crippen molar-refractivity contribution < 1.29 is 14.3 Å². The van der Waals surface area contributed by atoms with E-state index < -0.39 is 0 Å². The highest BCUT2D eigenvalue weighted by Gasteiger charge is 2.31. The Morgan fingerprint density at radius 3 is 2.65 bits per heavy atom. The van der Waals surface area contributed by atoms with Crippen LogP contribution in [0.15, 0.2) is 42.2 Å². The number of aryl methyl sites for hydroxylation is 1. The summed E-state index contributed by atoms with van der Waals surface area (Å²) in [4.78, 5) is 28.1. The van der Waals surface area contributed by atoms with E-state index >= 15 is 0 Å². The predicted molar refractivity (Wildman–Crippen MR) is 131 cm³/mol. The van der Waals surface area contributed by atoms with Crippen molar-refractivity contribution in [3.05, 3.63) is 64.1 Å². The van der Waals surface area contributed by atoms with E-state index in [9.17, 15) is 4.79 Å². The number of fused-ring (bicyclic) bond motifs is 1. The molecule has 4 aromatic rings. The van der Waals surface area contributed by atoms with E-state index in [1.807, 2.05) is 44.5 Å².